The van der Waals surface area contributed by atoms with Crippen LogP contribution in [0.15, 0.2) is 0 Å². The quantitative estimate of drug-likeness (QED) is 0.715. The maximum absolute atomic E-state index is 8.44. The lowest BCUT2D eigenvalue weighted by Gasteiger charge is -2.12. The molecule has 60 valence electrons. The third kappa shape index (κ3) is 6.21. The van der Waals surface area contributed by atoms with Gasteiger partial charge >= 0.3 is 0 Å². The van der Waals surface area contributed by atoms with Gasteiger partial charge in [-0.25, -0.2) is 0 Å². The SMILES string of the molecule is CSCCC(C)(N)C#N.Cl. The lowest BCUT2D eigenvalue weighted by molar-refractivity contribution is 0.583. The van der Waals surface area contributed by atoms with Crippen molar-refractivity contribution in [3.05, 3.63) is 0 Å². The Kier molecular flexibility index (Phi) is 7.44. The van der Waals surface area contributed by atoms with Crippen molar-refractivity contribution >= 4 is 24.2 Å². The Morgan fingerprint density at radius 2 is 2.20 bits per heavy atom. The summed E-state index contributed by atoms with van der Waals surface area (Å²) in [6.07, 6.45) is 2.78. The van der Waals surface area contributed by atoms with Crippen LogP contribution in [-0.2, 0) is 0 Å². The van der Waals surface area contributed by atoms with E-state index in [0.29, 0.717) is 0 Å². The second-order valence-electron chi connectivity index (χ2n) is 2.27. The molecule has 0 aliphatic carbocycles. The Morgan fingerprint density at radius 1 is 1.70 bits per heavy atom. The molecule has 0 aromatic heterocycles. The molecule has 0 radical (unpaired) electrons. The van der Waals surface area contributed by atoms with E-state index in [9.17, 15) is 0 Å². The largest absolute Gasteiger partial charge is 0.314 e. The Bertz CT molecular complexity index is 119. The summed E-state index contributed by atoms with van der Waals surface area (Å²) in [5, 5.41) is 8.44. The number of thioether (sulfide) groups is 1. The van der Waals surface area contributed by atoms with Gasteiger partial charge in [-0.05, 0) is 25.4 Å². The Labute approximate surface area is 72.6 Å². The summed E-state index contributed by atoms with van der Waals surface area (Å²) in [5.41, 5.74) is 4.91. The second kappa shape index (κ2) is 5.84. The summed E-state index contributed by atoms with van der Waals surface area (Å²) in [6, 6.07) is 2.04. The van der Waals surface area contributed by atoms with Crippen LogP contribution in [0.25, 0.3) is 0 Å². The van der Waals surface area contributed by atoms with E-state index in [1.807, 2.05) is 12.3 Å². The van der Waals surface area contributed by atoms with E-state index in [4.69, 9.17) is 11.0 Å². The molecule has 0 aliphatic heterocycles. The molecule has 1 unspecified atom stereocenters. The van der Waals surface area contributed by atoms with E-state index < -0.39 is 5.54 Å². The molecule has 0 saturated heterocycles. The highest BCUT2D eigenvalue weighted by Crippen LogP contribution is 2.07. The fraction of sp³-hybridized carbons (Fsp3) is 0.833. The van der Waals surface area contributed by atoms with Crippen molar-refractivity contribution in [3.63, 3.8) is 0 Å². The van der Waals surface area contributed by atoms with Crippen molar-refractivity contribution in [1.82, 2.24) is 0 Å². The first-order valence-electron chi connectivity index (χ1n) is 2.81. The normalized spacial score (nSPS) is 14.6. The van der Waals surface area contributed by atoms with Gasteiger partial charge in [0, 0.05) is 0 Å². The minimum absolute atomic E-state index is 0. The van der Waals surface area contributed by atoms with Gasteiger partial charge in [-0.15, -0.1) is 12.4 Å². The zero-order valence-electron chi connectivity index (χ0n) is 6.26. The summed E-state index contributed by atoms with van der Waals surface area (Å²) in [5.74, 6) is 0.959. The summed E-state index contributed by atoms with van der Waals surface area (Å²) < 4.78 is 0. The monoisotopic (exact) mass is 180 g/mol. The summed E-state index contributed by atoms with van der Waals surface area (Å²) >= 11 is 1.71. The van der Waals surface area contributed by atoms with Crippen LogP contribution in [0.4, 0.5) is 0 Å². The molecular weight excluding hydrogens is 168 g/mol. The predicted octanol–water partition coefficient (Wildman–Crippen LogP) is 1.40. The molecule has 0 spiro atoms. The maximum atomic E-state index is 8.44. The van der Waals surface area contributed by atoms with Crippen LogP contribution in [0, 0.1) is 11.3 Å². The number of hydrogen-bond donors (Lipinski definition) is 1. The standard InChI is InChI=1S/C6H12N2S.ClH/c1-6(8,5-7)3-4-9-2;/h3-4,8H2,1-2H3;1H. The molecule has 0 rings (SSSR count). The van der Waals surface area contributed by atoms with Crippen LogP contribution in [0.1, 0.15) is 13.3 Å². The smallest absolute Gasteiger partial charge is 0.102 e. The van der Waals surface area contributed by atoms with Crippen LogP contribution in [0.5, 0.6) is 0 Å². The number of rotatable bonds is 3. The third-order valence-electron chi connectivity index (χ3n) is 1.08. The molecular formula is C6H13ClN2S. The van der Waals surface area contributed by atoms with Crippen molar-refractivity contribution in [1.29, 1.82) is 5.26 Å². The van der Waals surface area contributed by atoms with Gasteiger partial charge in [-0.3, -0.25) is 0 Å². The van der Waals surface area contributed by atoms with Crippen molar-refractivity contribution in [2.45, 2.75) is 18.9 Å². The van der Waals surface area contributed by atoms with E-state index >= 15 is 0 Å². The van der Waals surface area contributed by atoms with Gasteiger partial charge in [0.05, 0.1) is 6.07 Å². The highest BCUT2D eigenvalue weighted by Gasteiger charge is 2.15. The van der Waals surface area contributed by atoms with E-state index in [0.717, 1.165) is 12.2 Å². The number of hydrogen-bond acceptors (Lipinski definition) is 3. The van der Waals surface area contributed by atoms with Crippen LogP contribution >= 0.6 is 24.2 Å². The fourth-order valence-corrected chi connectivity index (χ4v) is 0.998. The first kappa shape index (κ1) is 12.7. The van der Waals surface area contributed by atoms with Gasteiger partial charge in [0.2, 0.25) is 0 Å². The molecule has 0 fully saturated rings. The summed E-state index contributed by atoms with van der Waals surface area (Å²) in [6.45, 7) is 1.75. The van der Waals surface area contributed by atoms with Gasteiger partial charge in [-0.2, -0.15) is 17.0 Å². The molecule has 2 nitrogen and oxygen atoms in total. The first-order chi connectivity index (χ1) is 4.12. The number of nitrogens with two attached hydrogens (primary N) is 1. The van der Waals surface area contributed by atoms with Crippen molar-refractivity contribution in [2.24, 2.45) is 5.73 Å². The summed E-state index contributed by atoms with van der Waals surface area (Å²) in [4.78, 5) is 0. The zero-order valence-corrected chi connectivity index (χ0v) is 7.89. The molecule has 0 aromatic rings. The molecule has 0 saturated carbocycles. The highest BCUT2D eigenvalue weighted by molar-refractivity contribution is 7.98. The lowest BCUT2D eigenvalue weighted by atomic mass is 10.0. The molecule has 2 N–H and O–H groups in total. The highest BCUT2D eigenvalue weighted by atomic mass is 35.5. The van der Waals surface area contributed by atoms with Crippen LogP contribution in [0.2, 0.25) is 0 Å². The molecule has 0 heterocycles. The molecule has 4 heteroatoms. The zero-order chi connectivity index (χ0) is 7.33. The average molecular weight is 181 g/mol. The van der Waals surface area contributed by atoms with Gasteiger partial charge in [-0.1, -0.05) is 0 Å². The fourth-order valence-electron chi connectivity index (χ4n) is 0.370. The van der Waals surface area contributed by atoms with Gasteiger partial charge in [0.25, 0.3) is 0 Å². The lowest BCUT2D eigenvalue weighted by Crippen LogP contribution is -2.34. The molecule has 10 heavy (non-hydrogen) atoms. The molecule has 0 amide bonds. The van der Waals surface area contributed by atoms with Crippen LogP contribution in [-0.4, -0.2) is 17.5 Å². The van der Waals surface area contributed by atoms with Crippen molar-refractivity contribution < 1.29 is 0 Å². The first-order valence-corrected chi connectivity index (χ1v) is 4.21. The summed E-state index contributed by atoms with van der Waals surface area (Å²) in [7, 11) is 0. The Balaban J connectivity index is 0. The second-order valence-corrected chi connectivity index (χ2v) is 3.26. The maximum Gasteiger partial charge on any atom is 0.102 e. The van der Waals surface area contributed by atoms with E-state index in [1.54, 1.807) is 18.7 Å². The third-order valence-corrected chi connectivity index (χ3v) is 1.69. The van der Waals surface area contributed by atoms with Gasteiger partial charge in [0.1, 0.15) is 5.54 Å². The Hall–Kier alpha value is 0.0900. The van der Waals surface area contributed by atoms with E-state index in [2.05, 4.69) is 0 Å². The number of nitrogens with zero attached hydrogens (tertiary/aromatic N) is 1. The van der Waals surface area contributed by atoms with Crippen molar-refractivity contribution in [3.8, 4) is 6.07 Å². The van der Waals surface area contributed by atoms with Crippen LogP contribution in [0.3, 0.4) is 0 Å². The predicted molar refractivity (Wildman–Crippen MR) is 48.5 cm³/mol. The van der Waals surface area contributed by atoms with Crippen LogP contribution < -0.4 is 5.73 Å². The van der Waals surface area contributed by atoms with E-state index in [1.165, 1.54) is 0 Å². The van der Waals surface area contributed by atoms with Gasteiger partial charge < -0.3 is 5.73 Å². The van der Waals surface area contributed by atoms with Gasteiger partial charge in [0.15, 0.2) is 0 Å². The molecule has 0 aromatic carbocycles. The minimum Gasteiger partial charge on any atom is -0.314 e. The molecule has 0 aliphatic rings. The topological polar surface area (TPSA) is 49.8 Å². The molecule has 1 atom stereocenters. The molecule has 0 bridgehead atoms. The minimum atomic E-state index is -0.622. The number of nitriles is 1. The number of halogens is 1. The van der Waals surface area contributed by atoms with E-state index in [-0.39, 0.29) is 12.4 Å². The average Bonchev–Trinajstić information content (AvgIpc) is 1.84. The van der Waals surface area contributed by atoms with Crippen molar-refractivity contribution in [2.75, 3.05) is 12.0 Å². The Morgan fingerprint density at radius 3 is 2.50 bits per heavy atom.